The molecule has 0 fully saturated rings. The lowest BCUT2D eigenvalue weighted by Gasteiger charge is -2.11. The minimum absolute atomic E-state index is 0.104. The number of pyridine rings is 1. The second-order valence-corrected chi connectivity index (χ2v) is 6.56. The van der Waals surface area contributed by atoms with Gasteiger partial charge in [-0.25, -0.2) is 0 Å². The van der Waals surface area contributed by atoms with E-state index in [2.05, 4.69) is 34.6 Å². The largest absolute Gasteiger partial charge is 0.318 e. The van der Waals surface area contributed by atoms with Crippen LogP contribution in [0.3, 0.4) is 0 Å². The zero-order valence-corrected chi connectivity index (χ0v) is 15.5. The average molecular weight is 356 g/mol. The Kier molecular flexibility index (Phi) is 4.20. The molecule has 1 aliphatic heterocycles. The number of rotatable bonds is 3. The summed E-state index contributed by atoms with van der Waals surface area (Å²) in [5, 5.41) is 5.91. The highest BCUT2D eigenvalue weighted by molar-refractivity contribution is 6.32. The van der Waals surface area contributed by atoms with E-state index in [1.807, 2.05) is 55.5 Å². The number of hydrogen-bond acceptors (Lipinski definition) is 3. The zero-order valence-electron chi connectivity index (χ0n) is 15.5. The van der Waals surface area contributed by atoms with Gasteiger partial charge in [0.15, 0.2) is 0 Å². The molecule has 0 atom stereocenters. The third-order valence-corrected chi connectivity index (χ3v) is 4.75. The Balaban J connectivity index is 1.73. The van der Waals surface area contributed by atoms with Crippen LogP contribution in [0, 0.1) is 13.8 Å². The van der Waals surface area contributed by atoms with Gasteiger partial charge in [0, 0.05) is 29.5 Å². The minimum atomic E-state index is -0.104. The van der Waals surface area contributed by atoms with Crippen LogP contribution in [-0.4, -0.2) is 21.2 Å². The molecule has 3 heterocycles. The van der Waals surface area contributed by atoms with E-state index >= 15 is 0 Å². The Labute approximate surface area is 158 Å². The number of carbonyl (C=O) groups excluding carboxylic acids is 1. The monoisotopic (exact) mass is 356 g/mol. The third-order valence-electron chi connectivity index (χ3n) is 4.75. The number of hydrazone groups is 1. The number of hydrogen-bond donors (Lipinski definition) is 0. The summed E-state index contributed by atoms with van der Waals surface area (Å²) in [5.41, 5.74) is 6.35. The molecule has 5 nitrogen and oxygen atoms in total. The molecule has 4 rings (SSSR count). The smallest absolute Gasteiger partial charge is 0.280 e. The lowest BCUT2D eigenvalue weighted by Crippen LogP contribution is -2.21. The average Bonchev–Trinajstić information content (AvgIpc) is 3.13. The lowest BCUT2D eigenvalue weighted by atomic mass is 10.1. The maximum atomic E-state index is 12.9. The van der Waals surface area contributed by atoms with E-state index in [-0.39, 0.29) is 5.91 Å². The number of para-hydroxylation sites is 1. The topological polar surface area (TPSA) is 50.5 Å². The zero-order chi connectivity index (χ0) is 19.0. The normalized spacial score (nSPS) is 15.5. The van der Waals surface area contributed by atoms with Gasteiger partial charge in [-0.05, 0) is 62.7 Å². The second-order valence-electron chi connectivity index (χ2n) is 6.56. The van der Waals surface area contributed by atoms with E-state index < -0.39 is 0 Å². The summed E-state index contributed by atoms with van der Waals surface area (Å²) >= 11 is 0. The van der Waals surface area contributed by atoms with Gasteiger partial charge in [0.1, 0.15) is 0 Å². The molecule has 0 bridgehead atoms. The van der Waals surface area contributed by atoms with Crippen LogP contribution in [0.4, 0.5) is 5.69 Å². The van der Waals surface area contributed by atoms with Crippen molar-refractivity contribution in [1.82, 2.24) is 9.55 Å². The van der Waals surface area contributed by atoms with Gasteiger partial charge in [0.2, 0.25) is 0 Å². The van der Waals surface area contributed by atoms with Crippen molar-refractivity contribution in [2.24, 2.45) is 5.10 Å². The molecule has 0 aliphatic carbocycles. The predicted octanol–water partition coefficient (Wildman–Crippen LogP) is 4.30. The summed E-state index contributed by atoms with van der Waals surface area (Å²) in [7, 11) is 0. The Hall–Kier alpha value is -3.47. The molecule has 1 aliphatic rings. The number of nitrogens with zero attached hydrogens (tertiary/aromatic N) is 4. The highest BCUT2D eigenvalue weighted by atomic mass is 16.2. The van der Waals surface area contributed by atoms with Crippen LogP contribution in [0.25, 0.3) is 11.8 Å². The van der Waals surface area contributed by atoms with Gasteiger partial charge in [0.25, 0.3) is 5.91 Å². The Bertz CT molecular complexity index is 1060. The molecule has 0 N–H and O–H groups in total. The maximum absolute atomic E-state index is 12.9. The summed E-state index contributed by atoms with van der Waals surface area (Å²) in [4.78, 5) is 17.0. The van der Waals surface area contributed by atoms with Crippen LogP contribution in [0.15, 0.2) is 71.6 Å². The van der Waals surface area contributed by atoms with Crippen LogP contribution in [0.5, 0.6) is 0 Å². The molecule has 27 heavy (non-hydrogen) atoms. The highest BCUT2D eigenvalue weighted by Gasteiger charge is 2.29. The van der Waals surface area contributed by atoms with Crippen LogP contribution < -0.4 is 5.01 Å². The second kappa shape index (κ2) is 6.68. The van der Waals surface area contributed by atoms with Gasteiger partial charge in [0.05, 0.1) is 17.0 Å². The van der Waals surface area contributed by atoms with Crippen molar-refractivity contribution < 1.29 is 4.79 Å². The van der Waals surface area contributed by atoms with Crippen LogP contribution in [0.1, 0.15) is 23.9 Å². The molecule has 3 aromatic rings. The van der Waals surface area contributed by atoms with Crippen LogP contribution >= 0.6 is 0 Å². The van der Waals surface area contributed by atoms with Crippen molar-refractivity contribution in [2.75, 3.05) is 5.01 Å². The molecule has 0 radical (unpaired) electrons. The first-order valence-corrected chi connectivity index (χ1v) is 8.82. The molecule has 5 heteroatoms. The van der Waals surface area contributed by atoms with Crippen LogP contribution in [-0.2, 0) is 4.79 Å². The van der Waals surface area contributed by atoms with E-state index in [0.717, 1.165) is 34.0 Å². The van der Waals surface area contributed by atoms with Gasteiger partial charge in [-0.3, -0.25) is 9.78 Å². The SMILES string of the molecule is CC1=NN(c2ccccc2)C(=O)/C1=C\c1cc(C)n(-c2ccncc2)c1C. The van der Waals surface area contributed by atoms with Crippen molar-refractivity contribution in [3.05, 3.63) is 83.4 Å². The standard InChI is InChI=1S/C22H20N4O/c1-15-13-18(17(3)25(15)19-9-11-23-12-10-19)14-21-16(2)24-26(22(21)27)20-7-5-4-6-8-20/h4-14H,1-3H3/b21-14-. The molecular formula is C22H20N4O. The molecule has 0 saturated carbocycles. The van der Waals surface area contributed by atoms with E-state index in [1.54, 1.807) is 12.4 Å². The van der Waals surface area contributed by atoms with E-state index in [4.69, 9.17) is 0 Å². The highest BCUT2D eigenvalue weighted by Crippen LogP contribution is 2.27. The third kappa shape index (κ3) is 2.97. The fourth-order valence-corrected chi connectivity index (χ4v) is 3.41. The van der Waals surface area contributed by atoms with E-state index in [1.165, 1.54) is 5.01 Å². The van der Waals surface area contributed by atoms with E-state index in [9.17, 15) is 4.79 Å². The van der Waals surface area contributed by atoms with Gasteiger partial charge in [-0.1, -0.05) is 18.2 Å². The summed E-state index contributed by atoms with van der Waals surface area (Å²) in [6.45, 7) is 5.98. The molecular weight excluding hydrogens is 336 g/mol. The fourth-order valence-electron chi connectivity index (χ4n) is 3.41. The first-order valence-electron chi connectivity index (χ1n) is 8.82. The van der Waals surface area contributed by atoms with Gasteiger partial charge < -0.3 is 4.57 Å². The van der Waals surface area contributed by atoms with Crippen molar-refractivity contribution in [1.29, 1.82) is 0 Å². The summed E-state index contributed by atoms with van der Waals surface area (Å²) < 4.78 is 2.16. The Morgan fingerprint density at radius 3 is 2.33 bits per heavy atom. The number of benzene rings is 1. The molecule has 0 saturated heterocycles. The number of anilines is 1. The number of aromatic nitrogens is 2. The first kappa shape index (κ1) is 17.0. The molecule has 134 valence electrons. The van der Waals surface area contributed by atoms with Gasteiger partial charge >= 0.3 is 0 Å². The van der Waals surface area contributed by atoms with Crippen molar-refractivity contribution in [3.8, 4) is 5.69 Å². The quantitative estimate of drug-likeness (QED) is 0.657. The number of aryl methyl sites for hydroxylation is 1. The molecule has 0 unspecified atom stereocenters. The summed E-state index contributed by atoms with van der Waals surface area (Å²) in [6.07, 6.45) is 5.49. The van der Waals surface area contributed by atoms with E-state index in [0.29, 0.717) is 5.57 Å². The van der Waals surface area contributed by atoms with Crippen molar-refractivity contribution in [2.45, 2.75) is 20.8 Å². The Morgan fingerprint density at radius 2 is 1.63 bits per heavy atom. The fraction of sp³-hybridized carbons (Fsp3) is 0.136. The summed E-state index contributed by atoms with van der Waals surface area (Å²) in [6, 6.07) is 15.5. The minimum Gasteiger partial charge on any atom is -0.318 e. The van der Waals surface area contributed by atoms with Gasteiger partial charge in [-0.2, -0.15) is 10.1 Å². The van der Waals surface area contributed by atoms with Crippen LogP contribution in [0.2, 0.25) is 0 Å². The molecule has 1 aromatic carbocycles. The maximum Gasteiger partial charge on any atom is 0.280 e. The van der Waals surface area contributed by atoms with Crippen molar-refractivity contribution >= 4 is 23.4 Å². The Morgan fingerprint density at radius 1 is 0.926 bits per heavy atom. The number of carbonyl (C=O) groups is 1. The molecule has 0 spiro atoms. The molecule has 1 amide bonds. The first-order chi connectivity index (χ1) is 13.1. The molecule has 2 aromatic heterocycles. The lowest BCUT2D eigenvalue weighted by molar-refractivity contribution is -0.114. The predicted molar refractivity (Wildman–Crippen MR) is 108 cm³/mol. The van der Waals surface area contributed by atoms with Crippen molar-refractivity contribution in [3.63, 3.8) is 0 Å². The summed E-state index contributed by atoms with van der Waals surface area (Å²) in [5.74, 6) is -0.104. The number of amides is 1. The van der Waals surface area contributed by atoms with Gasteiger partial charge in [-0.15, -0.1) is 0 Å².